The average molecular weight is 301 g/mol. The number of aliphatic hydroxyl groups excluding tert-OH is 1. The second-order valence-electron chi connectivity index (χ2n) is 5.42. The zero-order valence-electron chi connectivity index (χ0n) is 12.9. The molecule has 1 rings (SSSR count). The molecule has 0 saturated heterocycles. The topological polar surface area (TPSA) is 41.5 Å². The molecule has 1 aromatic rings. The van der Waals surface area contributed by atoms with Gasteiger partial charge in [0.15, 0.2) is 0 Å². The summed E-state index contributed by atoms with van der Waals surface area (Å²) >= 11 is 0. The highest BCUT2D eigenvalue weighted by atomic mass is 19.3. The van der Waals surface area contributed by atoms with Crippen LogP contribution in [0.5, 0.6) is 5.75 Å². The molecule has 21 heavy (non-hydrogen) atoms. The van der Waals surface area contributed by atoms with Gasteiger partial charge in [-0.15, -0.1) is 0 Å². The third-order valence-electron chi connectivity index (χ3n) is 4.22. The van der Waals surface area contributed by atoms with E-state index < -0.39 is 6.61 Å². The molecular weight excluding hydrogens is 276 g/mol. The number of hydrogen-bond acceptors (Lipinski definition) is 3. The maximum Gasteiger partial charge on any atom is 0.387 e. The lowest BCUT2D eigenvalue weighted by molar-refractivity contribution is -0.0498. The minimum absolute atomic E-state index is 0.0784. The molecule has 3 nitrogen and oxygen atoms in total. The molecule has 0 aliphatic heterocycles. The summed E-state index contributed by atoms with van der Waals surface area (Å²) in [5, 5.41) is 13.0. The molecule has 2 N–H and O–H groups in total. The van der Waals surface area contributed by atoms with Crippen LogP contribution in [-0.2, 0) is 0 Å². The fourth-order valence-electron chi connectivity index (χ4n) is 2.20. The lowest BCUT2D eigenvalue weighted by Crippen LogP contribution is -2.37. The Labute approximate surface area is 125 Å². The highest BCUT2D eigenvalue weighted by Gasteiger charge is 2.25. The summed E-state index contributed by atoms with van der Waals surface area (Å²) in [6, 6.07) is 6.70. The molecule has 0 bridgehead atoms. The van der Waals surface area contributed by atoms with Gasteiger partial charge < -0.3 is 15.2 Å². The molecule has 0 aromatic heterocycles. The minimum atomic E-state index is -2.80. The van der Waals surface area contributed by atoms with Gasteiger partial charge >= 0.3 is 6.61 Å². The second kappa shape index (κ2) is 8.29. The number of rotatable bonds is 9. The van der Waals surface area contributed by atoms with E-state index in [-0.39, 0.29) is 23.8 Å². The Kier molecular flexibility index (Phi) is 7.05. The molecule has 0 spiro atoms. The Morgan fingerprint density at radius 1 is 1.19 bits per heavy atom. The molecular formula is C16H25F2NO2. The van der Waals surface area contributed by atoms with Gasteiger partial charge in [0, 0.05) is 24.6 Å². The fourth-order valence-corrected chi connectivity index (χ4v) is 2.20. The molecule has 0 saturated carbocycles. The summed E-state index contributed by atoms with van der Waals surface area (Å²) in [5.74, 6) is 0.160. The highest BCUT2D eigenvalue weighted by Crippen LogP contribution is 2.26. The third kappa shape index (κ3) is 5.25. The van der Waals surface area contributed by atoms with E-state index in [1.54, 1.807) is 24.3 Å². The van der Waals surface area contributed by atoms with E-state index in [2.05, 4.69) is 23.9 Å². The van der Waals surface area contributed by atoms with Crippen LogP contribution in [0.2, 0.25) is 0 Å². The van der Waals surface area contributed by atoms with Crippen LogP contribution >= 0.6 is 0 Å². The standard InChI is InChI=1S/C16H25F2NO2/c1-4-16(5-2,11-20)10-19-12(3)13-6-8-14(9-7-13)21-15(17)18/h6-9,12,15,19-20H,4-5,10-11H2,1-3H3. The minimum Gasteiger partial charge on any atom is -0.435 e. The van der Waals surface area contributed by atoms with E-state index in [1.165, 1.54) is 0 Å². The first kappa shape index (κ1) is 17.9. The molecule has 1 atom stereocenters. The largest absolute Gasteiger partial charge is 0.435 e. The number of benzene rings is 1. The SMILES string of the molecule is CCC(CC)(CO)CNC(C)c1ccc(OC(F)F)cc1. The Morgan fingerprint density at radius 2 is 1.76 bits per heavy atom. The molecule has 0 amide bonds. The predicted octanol–water partition coefficient (Wildman–Crippen LogP) is 3.74. The fraction of sp³-hybridized carbons (Fsp3) is 0.625. The molecule has 0 aliphatic carbocycles. The van der Waals surface area contributed by atoms with E-state index in [9.17, 15) is 13.9 Å². The van der Waals surface area contributed by atoms with Gasteiger partial charge in [0.2, 0.25) is 0 Å². The van der Waals surface area contributed by atoms with Crippen LogP contribution in [0.3, 0.4) is 0 Å². The first-order valence-corrected chi connectivity index (χ1v) is 7.35. The molecule has 120 valence electrons. The van der Waals surface area contributed by atoms with Gasteiger partial charge in [-0.25, -0.2) is 0 Å². The average Bonchev–Trinajstić information content (AvgIpc) is 2.49. The Hall–Kier alpha value is -1.20. The number of alkyl halides is 2. The Bertz CT molecular complexity index is 397. The highest BCUT2D eigenvalue weighted by molar-refractivity contribution is 5.29. The van der Waals surface area contributed by atoms with Gasteiger partial charge in [0.1, 0.15) is 5.75 Å². The summed E-state index contributed by atoms with van der Waals surface area (Å²) in [5.41, 5.74) is 0.892. The van der Waals surface area contributed by atoms with Crippen LogP contribution < -0.4 is 10.1 Å². The quantitative estimate of drug-likeness (QED) is 0.730. The van der Waals surface area contributed by atoms with Crippen molar-refractivity contribution in [2.45, 2.75) is 46.3 Å². The molecule has 5 heteroatoms. The summed E-state index contributed by atoms with van der Waals surface area (Å²) in [7, 11) is 0. The number of nitrogens with one attached hydrogen (secondary N) is 1. The molecule has 0 aliphatic rings. The maximum atomic E-state index is 12.1. The van der Waals surface area contributed by atoms with Crippen molar-refractivity contribution >= 4 is 0 Å². The van der Waals surface area contributed by atoms with Crippen LogP contribution in [0.15, 0.2) is 24.3 Å². The van der Waals surface area contributed by atoms with Gasteiger partial charge in [-0.2, -0.15) is 8.78 Å². The molecule has 1 unspecified atom stereocenters. The first-order valence-electron chi connectivity index (χ1n) is 7.35. The predicted molar refractivity (Wildman–Crippen MR) is 79.6 cm³/mol. The van der Waals surface area contributed by atoms with Gasteiger partial charge in [-0.3, -0.25) is 0 Å². The van der Waals surface area contributed by atoms with Crippen molar-refractivity contribution in [2.75, 3.05) is 13.2 Å². The van der Waals surface area contributed by atoms with Crippen molar-refractivity contribution in [3.05, 3.63) is 29.8 Å². The number of ether oxygens (including phenoxy) is 1. The van der Waals surface area contributed by atoms with Gasteiger partial charge in [0.25, 0.3) is 0 Å². The Morgan fingerprint density at radius 3 is 2.19 bits per heavy atom. The summed E-state index contributed by atoms with van der Waals surface area (Å²) in [6.07, 6.45) is 1.81. The molecule has 0 radical (unpaired) electrons. The van der Waals surface area contributed by atoms with E-state index in [1.807, 2.05) is 6.92 Å². The van der Waals surface area contributed by atoms with Gasteiger partial charge in [-0.1, -0.05) is 26.0 Å². The lowest BCUT2D eigenvalue weighted by Gasteiger charge is -2.31. The van der Waals surface area contributed by atoms with Crippen LogP contribution in [0, 0.1) is 5.41 Å². The van der Waals surface area contributed by atoms with E-state index in [0.717, 1.165) is 18.4 Å². The summed E-state index contributed by atoms with van der Waals surface area (Å²) in [4.78, 5) is 0. The third-order valence-corrected chi connectivity index (χ3v) is 4.22. The molecule has 1 aromatic carbocycles. The monoisotopic (exact) mass is 301 g/mol. The Balaban J connectivity index is 2.61. The van der Waals surface area contributed by atoms with Gasteiger partial charge in [0.05, 0.1) is 0 Å². The van der Waals surface area contributed by atoms with Crippen molar-refractivity contribution in [1.29, 1.82) is 0 Å². The van der Waals surface area contributed by atoms with Crippen LogP contribution in [-0.4, -0.2) is 24.9 Å². The van der Waals surface area contributed by atoms with Crippen molar-refractivity contribution in [1.82, 2.24) is 5.32 Å². The van der Waals surface area contributed by atoms with Crippen molar-refractivity contribution < 1.29 is 18.6 Å². The van der Waals surface area contributed by atoms with Crippen LogP contribution in [0.4, 0.5) is 8.78 Å². The molecule has 0 heterocycles. The molecule has 0 fully saturated rings. The zero-order valence-corrected chi connectivity index (χ0v) is 12.9. The number of halogens is 2. The second-order valence-corrected chi connectivity index (χ2v) is 5.42. The van der Waals surface area contributed by atoms with E-state index >= 15 is 0 Å². The zero-order chi connectivity index (χ0) is 15.9. The normalized spacial score (nSPS) is 13.5. The maximum absolute atomic E-state index is 12.1. The van der Waals surface area contributed by atoms with Crippen molar-refractivity contribution in [3.63, 3.8) is 0 Å². The first-order chi connectivity index (χ1) is 9.96. The van der Waals surface area contributed by atoms with Crippen molar-refractivity contribution in [2.24, 2.45) is 5.41 Å². The summed E-state index contributed by atoms with van der Waals surface area (Å²) < 4.78 is 28.5. The number of hydrogen-bond donors (Lipinski definition) is 2. The van der Waals surface area contributed by atoms with Gasteiger partial charge in [-0.05, 0) is 37.5 Å². The van der Waals surface area contributed by atoms with E-state index in [0.29, 0.717) is 6.54 Å². The smallest absolute Gasteiger partial charge is 0.387 e. The van der Waals surface area contributed by atoms with Crippen LogP contribution in [0.25, 0.3) is 0 Å². The lowest BCUT2D eigenvalue weighted by atomic mass is 9.83. The van der Waals surface area contributed by atoms with Crippen molar-refractivity contribution in [3.8, 4) is 5.75 Å². The number of aliphatic hydroxyl groups is 1. The van der Waals surface area contributed by atoms with E-state index in [4.69, 9.17) is 0 Å². The van der Waals surface area contributed by atoms with Crippen LogP contribution in [0.1, 0.15) is 45.2 Å². The summed E-state index contributed by atoms with van der Waals surface area (Å²) in [6.45, 7) is 4.22.